The van der Waals surface area contributed by atoms with E-state index >= 15 is 0 Å². The second-order valence-corrected chi connectivity index (χ2v) is 9.85. The Kier molecular flexibility index (Phi) is 8.11. The van der Waals surface area contributed by atoms with Crippen molar-refractivity contribution in [3.8, 4) is 11.5 Å². The van der Waals surface area contributed by atoms with Gasteiger partial charge in [0.2, 0.25) is 0 Å². The number of hydrogen-bond donors (Lipinski definition) is 0. The predicted molar refractivity (Wildman–Crippen MR) is 143 cm³/mol. The van der Waals surface area contributed by atoms with Crippen molar-refractivity contribution in [2.75, 3.05) is 19.8 Å². The van der Waals surface area contributed by atoms with E-state index in [1.165, 1.54) is 11.3 Å². The van der Waals surface area contributed by atoms with Crippen LogP contribution in [0.2, 0.25) is 0 Å². The highest BCUT2D eigenvalue weighted by atomic mass is 79.9. The van der Waals surface area contributed by atoms with Crippen molar-refractivity contribution in [3.05, 3.63) is 89.0 Å². The Morgan fingerprint density at radius 1 is 1.06 bits per heavy atom. The average molecular weight is 571 g/mol. The lowest BCUT2D eigenvalue weighted by atomic mass is 9.95. The zero-order valence-corrected chi connectivity index (χ0v) is 22.9. The van der Waals surface area contributed by atoms with E-state index in [-0.39, 0.29) is 12.2 Å². The van der Waals surface area contributed by atoms with E-state index < -0.39 is 12.0 Å². The fourth-order valence-electron chi connectivity index (χ4n) is 4.06. The van der Waals surface area contributed by atoms with Crippen LogP contribution in [0.25, 0.3) is 6.08 Å². The molecule has 188 valence electrons. The first-order chi connectivity index (χ1) is 17.4. The number of rotatable bonds is 8. The first kappa shape index (κ1) is 25.9. The molecule has 7 nitrogen and oxygen atoms in total. The average Bonchev–Trinajstić information content (AvgIpc) is 3.15. The Hall–Kier alpha value is -3.17. The van der Waals surface area contributed by atoms with Crippen molar-refractivity contribution >= 4 is 39.3 Å². The van der Waals surface area contributed by atoms with E-state index in [0.717, 1.165) is 10.0 Å². The molecule has 1 atom stereocenters. The van der Waals surface area contributed by atoms with Crippen LogP contribution in [0.3, 0.4) is 0 Å². The van der Waals surface area contributed by atoms with Crippen LogP contribution in [0.1, 0.15) is 44.9 Å². The molecular formula is C27H27BrN2O5S. The van der Waals surface area contributed by atoms with Crippen molar-refractivity contribution < 1.29 is 19.0 Å². The van der Waals surface area contributed by atoms with E-state index in [2.05, 4.69) is 20.9 Å². The number of hydrogen-bond acceptors (Lipinski definition) is 7. The summed E-state index contributed by atoms with van der Waals surface area (Å²) in [6, 6.07) is 12.5. The number of fused-ring (bicyclic) bond motifs is 1. The lowest BCUT2D eigenvalue weighted by molar-refractivity contribution is -0.139. The zero-order chi connectivity index (χ0) is 25.8. The molecule has 1 aromatic heterocycles. The molecule has 36 heavy (non-hydrogen) atoms. The van der Waals surface area contributed by atoms with Crippen LogP contribution in [-0.4, -0.2) is 30.4 Å². The van der Waals surface area contributed by atoms with E-state index in [1.54, 1.807) is 24.5 Å². The van der Waals surface area contributed by atoms with Gasteiger partial charge in [-0.05, 0) is 69.2 Å². The number of carbonyl (C=O) groups excluding carboxylic acids is 1. The van der Waals surface area contributed by atoms with Crippen LogP contribution in [0.4, 0.5) is 0 Å². The highest BCUT2D eigenvalue weighted by molar-refractivity contribution is 9.10. The van der Waals surface area contributed by atoms with Gasteiger partial charge in [-0.25, -0.2) is 9.79 Å². The Bertz CT molecular complexity index is 1490. The summed E-state index contributed by atoms with van der Waals surface area (Å²) in [6.45, 7) is 8.45. The number of benzene rings is 2. The van der Waals surface area contributed by atoms with Gasteiger partial charge in [0, 0.05) is 4.47 Å². The molecule has 2 aromatic carbocycles. The van der Waals surface area contributed by atoms with Crippen molar-refractivity contribution in [1.82, 2.24) is 4.57 Å². The second-order valence-electron chi connectivity index (χ2n) is 7.93. The summed E-state index contributed by atoms with van der Waals surface area (Å²) in [5, 5.41) is 0. The van der Waals surface area contributed by atoms with E-state index in [9.17, 15) is 9.59 Å². The van der Waals surface area contributed by atoms with Gasteiger partial charge in [-0.3, -0.25) is 9.36 Å². The normalized spacial score (nSPS) is 15.4. The monoisotopic (exact) mass is 570 g/mol. The highest BCUT2D eigenvalue weighted by Crippen LogP contribution is 2.36. The highest BCUT2D eigenvalue weighted by Gasteiger charge is 2.34. The zero-order valence-electron chi connectivity index (χ0n) is 20.5. The predicted octanol–water partition coefficient (Wildman–Crippen LogP) is 4.36. The number of ether oxygens (including phenoxy) is 3. The topological polar surface area (TPSA) is 79.1 Å². The fourth-order valence-corrected chi connectivity index (χ4v) is 5.37. The first-order valence-electron chi connectivity index (χ1n) is 11.7. The molecule has 1 unspecified atom stereocenters. The third-order valence-corrected chi connectivity index (χ3v) is 7.08. The number of esters is 1. The van der Waals surface area contributed by atoms with Gasteiger partial charge in [0.05, 0.1) is 41.7 Å². The summed E-state index contributed by atoms with van der Waals surface area (Å²) in [5.74, 6) is 0.647. The van der Waals surface area contributed by atoms with Crippen LogP contribution < -0.4 is 24.4 Å². The first-order valence-corrected chi connectivity index (χ1v) is 13.3. The molecule has 0 bridgehead atoms. The van der Waals surface area contributed by atoms with Crippen LogP contribution >= 0.6 is 27.3 Å². The number of nitrogens with zero attached hydrogens (tertiary/aromatic N) is 2. The van der Waals surface area contributed by atoms with Gasteiger partial charge in [0.1, 0.15) is 0 Å². The van der Waals surface area contributed by atoms with Crippen molar-refractivity contribution in [2.45, 2.75) is 33.7 Å². The lowest BCUT2D eigenvalue weighted by Gasteiger charge is -2.25. The molecule has 4 rings (SSSR count). The summed E-state index contributed by atoms with van der Waals surface area (Å²) in [4.78, 5) is 32.0. The SMILES string of the molecule is CCOC(=O)C1=C(C)N=c2s/c(=C\c3ccc(Br)cc3)c(=O)n2C1c1ccc(OCC)c(OCC)c1. The van der Waals surface area contributed by atoms with Gasteiger partial charge in [0.25, 0.3) is 5.56 Å². The summed E-state index contributed by atoms with van der Waals surface area (Å²) < 4.78 is 20.0. The van der Waals surface area contributed by atoms with Crippen molar-refractivity contribution in [1.29, 1.82) is 0 Å². The molecule has 0 N–H and O–H groups in total. The van der Waals surface area contributed by atoms with Gasteiger partial charge in [-0.2, -0.15) is 0 Å². The largest absolute Gasteiger partial charge is 0.490 e. The Morgan fingerprint density at radius 3 is 2.42 bits per heavy atom. The van der Waals surface area contributed by atoms with E-state index in [1.807, 2.05) is 56.3 Å². The molecule has 0 spiro atoms. The molecule has 0 amide bonds. The maximum Gasteiger partial charge on any atom is 0.338 e. The molecule has 0 saturated carbocycles. The molecule has 9 heteroatoms. The quantitative estimate of drug-likeness (QED) is 0.376. The number of carbonyl (C=O) groups is 1. The Balaban J connectivity index is 1.94. The molecule has 0 radical (unpaired) electrons. The second kappa shape index (κ2) is 11.3. The maximum absolute atomic E-state index is 13.7. The van der Waals surface area contributed by atoms with Gasteiger partial charge < -0.3 is 14.2 Å². The van der Waals surface area contributed by atoms with Gasteiger partial charge in [-0.1, -0.05) is 45.5 Å². The van der Waals surface area contributed by atoms with Crippen LogP contribution in [-0.2, 0) is 9.53 Å². The third kappa shape index (κ3) is 5.17. The summed E-state index contributed by atoms with van der Waals surface area (Å²) in [5.41, 5.74) is 2.21. The number of aromatic nitrogens is 1. The Labute approximate surface area is 221 Å². The standard InChI is InChI=1S/C27H27BrN2O5S/c1-5-33-20-13-10-18(15-21(20)34-6-2)24-23(26(32)35-7-3)16(4)29-27-30(24)25(31)22(36-27)14-17-8-11-19(28)12-9-17/h8-15,24H,5-7H2,1-4H3/b22-14-. The van der Waals surface area contributed by atoms with Gasteiger partial charge >= 0.3 is 5.97 Å². The fraction of sp³-hybridized carbons (Fsp3) is 0.296. The van der Waals surface area contributed by atoms with Gasteiger partial charge in [0.15, 0.2) is 16.3 Å². The maximum atomic E-state index is 13.7. The summed E-state index contributed by atoms with van der Waals surface area (Å²) in [6.07, 6.45) is 1.83. The summed E-state index contributed by atoms with van der Waals surface area (Å²) >= 11 is 4.73. The van der Waals surface area contributed by atoms with Crippen molar-refractivity contribution in [3.63, 3.8) is 0 Å². The van der Waals surface area contributed by atoms with Gasteiger partial charge in [-0.15, -0.1) is 0 Å². The molecule has 0 aliphatic carbocycles. The molecule has 3 aromatic rings. The third-order valence-electron chi connectivity index (χ3n) is 5.57. The lowest BCUT2D eigenvalue weighted by Crippen LogP contribution is -2.40. The van der Waals surface area contributed by atoms with Crippen LogP contribution in [0, 0.1) is 0 Å². The minimum Gasteiger partial charge on any atom is -0.490 e. The molecular weight excluding hydrogens is 544 g/mol. The molecule has 1 aliphatic rings. The summed E-state index contributed by atoms with van der Waals surface area (Å²) in [7, 11) is 0. The van der Waals surface area contributed by atoms with Crippen molar-refractivity contribution in [2.24, 2.45) is 4.99 Å². The van der Waals surface area contributed by atoms with Crippen LogP contribution in [0.5, 0.6) is 11.5 Å². The minimum atomic E-state index is -0.720. The molecule has 2 heterocycles. The smallest absolute Gasteiger partial charge is 0.338 e. The Morgan fingerprint density at radius 2 is 1.75 bits per heavy atom. The minimum absolute atomic E-state index is 0.212. The molecule has 1 aliphatic heterocycles. The number of allylic oxidation sites excluding steroid dienone is 1. The van der Waals surface area contributed by atoms with Crippen LogP contribution in [0.15, 0.2) is 68.0 Å². The number of halogens is 1. The van der Waals surface area contributed by atoms with E-state index in [0.29, 0.717) is 50.9 Å². The van der Waals surface area contributed by atoms with E-state index in [4.69, 9.17) is 14.2 Å². The number of thiazole rings is 1. The molecule has 0 saturated heterocycles. The molecule has 0 fully saturated rings.